The molecular formula is C19H17ClN6O3. The minimum absolute atomic E-state index is 0.215. The molecule has 9 nitrogen and oxygen atoms in total. The maximum absolute atomic E-state index is 12.5. The molecule has 1 amide bonds. The third kappa shape index (κ3) is 4.35. The second kappa shape index (κ2) is 8.27. The van der Waals surface area contributed by atoms with Gasteiger partial charge in [-0.05, 0) is 19.1 Å². The van der Waals surface area contributed by atoms with E-state index in [1.54, 1.807) is 17.8 Å². The number of nitrogens with zero attached hydrogens (tertiary/aromatic N) is 5. The fourth-order valence-corrected chi connectivity index (χ4v) is 2.92. The molecule has 4 aromatic rings. The van der Waals surface area contributed by atoms with Gasteiger partial charge in [-0.1, -0.05) is 40.1 Å². The molecule has 0 radical (unpaired) electrons. The van der Waals surface area contributed by atoms with Crippen LogP contribution in [0.4, 0.5) is 0 Å². The summed E-state index contributed by atoms with van der Waals surface area (Å²) in [6, 6.07) is 9.49. The molecule has 1 aromatic carbocycles. The molecule has 4 rings (SSSR count). The van der Waals surface area contributed by atoms with Crippen LogP contribution in [0.15, 0.2) is 51.8 Å². The summed E-state index contributed by atoms with van der Waals surface area (Å²) in [6.45, 7) is 2.40. The van der Waals surface area contributed by atoms with Gasteiger partial charge < -0.3 is 14.4 Å². The van der Waals surface area contributed by atoms with Crippen molar-refractivity contribution in [2.75, 3.05) is 6.54 Å². The van der Waals surface area contributed by atoms with Crippen molar-refractivity contribution in [3.63, 3.8) is 0 Å². The minimum Gasteiger partial charge on any atom is -0.361 e. The van der Waals surface area contributed by atoms with Crippen molar-refractivity contribution in [1.82, 2.24) is 30.4 Å². The summed E-state index contributed by atoms with van der Waals surface area (Å²) >= 11 is 5.89. The molecule has 0 saturated heterocycles. The molecule has 0 fully saturated rings. The van der Waals surface area contributed by atoms with Gasteiger partial charge in [0.15, 0.2) is 11.5 Å². The quantitative estimate of drug-likeness (QED) is 0.496. The van der Waals surface area contributed by atoms with Crippen molar-refractivity contribution in [2.24, 2.45) is 0 Å². The molecule has 0 spiro atoms. The van der Waals surface area contributed by atoms with Crippen LogP contribution in [0.25, 0.3) is 11.5 Å². The largest absolute Gasteiger partial charge is 0.361 e. The Hall–Kier alpha value is -3.46. The van der Waals surface area contributed by atoms with Gasteiger partial charge in [0.1, 0.15) is 5.76 Å². The number of hydrogen-bond acceptors (Lipinski definition) is 7. The predicted molar refractivity (Wildman–Crippen MR) is 103 cm³/mol. The van der Waals surface area contributed by atoms with Crippen molar-refractivity contribution in [3.05, 3.63) is 70.6 Å². The van der Waals surface area contributed by atoms with Crippen LogP contribution in [0.2, 0.25) is 5.02 Å². The number of nitrogens with one attached hydrogen (secondary N) is 1. The lowest BCUT2D eigenvalue weighted by Crippen LogP contribution is -2.27. The van der Waals surface area contributed by atoms with E-state index < -0.39 is 0 Å². The fourth-order valence-electron chi connectivity index (χ4n) is 2.77. The minimum atomic E-state index is -0.345. The van der Waals surface area contributed by atoms with E-state index in [0.29, 0.717) is 47.6 Å². The van der Waals surface area contributed by atoms with Crippen LogP contribution in [0.1, 0.15) is 27.6 Å². The number of hydrogen-bond donors (Lipinski definition) is 1. The van der Waals surface area contributed by atoms with E-state index in [4.69, 9.17) is 20.6 Å². The molecule has 0 bridgehead atoms. The zero-order valence-electron chi connectivity index (χ0n) is 15.5. The van der Waals surface area contributed by atoms with Crippen LogP contribution in [-0.4, -0.2) is 37.5 Å². The zero-order valence-corrected chi connectivity index (χ0v) is 16.3. The van der Waals surface area contributed by atoms with E-state index in [-0.39, 0.29) is 11.6 Å². The van der Waals surface area contributed by atoms with Gasteiger partial charge in [0.2, 0.25) is 0 Å². The van der Waals surface area contributed by atoms with Crippen molar-refractivity contribution in [2.45, 2.75) is 19.9 Å². The number of benzene rings is 1. The van der Waals surface area contributed by atoms with Gasteiger partial charge in [0.25, 0.3) is 11.8 Å². The summed E-state index contributed by atoms with van der Waals surface area (Å²) in [5.41, 5.74) is 1.71. The number of aryl methyl sites for hydroxylation is 1. The molecule has 0 unspecified atom stereocenters. The van der Waals surface area contributed by atoms with Crippen molar-refractivity contribution in [1.29, 1.82) is 0 Å². The van der Waals surface area contributed by atoms with Crippen molar-refractivity contribution >= 4 is 17.5 Å². The Labute approximate surface area is 170 Å². The Kier molecular flexibility index (Phi) is 5.39. The predicted octanol–water partition coefficient (Wildman–Crippen LogP) is 2.90. The van der Waals surface area contributed by atoms with E-state index >= 15 is 0 Å². The third-order valence-corrected chi connectivity index (χ3v) is 4.44. The van der Waals surface area contributed by atoms with Crippen LogP contribution in [-0.2, 0) is 13.0 Å². The normalized spacial score (nSPS) is 11.0. The first kappa shape index (κ1) is 18.9. The molecule has 1 N–H and O–H groups in total. The highest BCUT2D eigenvalue weighted by Gasteiger charge is 2.20. The molecule has 0 aliphatic carbocycles. The highest BCUT2D eigenvalue weighted by atomic mass is 35.5. The van der Waals surface area contributed by atoms with Gasteiger partial charge >= 0.3 is 0 Å². The van der Waals surface area contributed by atoms with Gasteiger partial charge in [-0.3, -0.25) is 9.48 Å². The number of halogens is 1. The topological polar surface area (TPSA) is 112 Å². The van der Waals surface area contributed by atoms with Crippen molar-refractivity contribution < 1.29 is 13.8 Å². The molecule has 0 saturated carbocycles. The smallest absolute Gasteiger partial charge is 0.273 e. The Morgan fingerprint density at radius 1 is 1.21 bits per heavy atom. The second-order valence-corrected chi connectivity index (χ2v) is 6.75. The first-order valence-electron chi connectivity index (χ1n) is 8.89. The monoisotopic (exact) mass is 412 g/mol. The average Bonchev–Trinajstić information content (AvgIpc) is 3.44. The van der Waals surface area contributed by atoms with Gasteiger partial charge in [-0.15, -0.1) is 0 Å². The summed E-state index contributed by atoms with van der Waals surface area (Å²) in [5, 5.41) is 15.3. The van der Waals surface area contributed by atoms with Crippen molar-refractivity contribution in [3.8, 4) is 11.5 Å². The van der Waals surface area contributed by atoms with E-state index in [2.05, 4.69) is 25.7 Å². The number of rotatable bonds is 7. The summed E-state index contributed by atoms with van der Waals surface area (Å²) < 4.78 is 12.1. The molecule has 0 aliphatic rings. The number of carbonyl (C=O) groups excluding carboxylic acids is 1. The summed E-state index contributed by atoms with van der Waals surface area (Å²) in [6.07, 6.45) is 3.61. The SMILES string of the molecule is Cc1onc(C(=O)NCCc2noc(-c3ccccc3)n2)c1Cn1cc(Cl)cn1. The van der Waals surface area contributed by atoms with Gasteiger partial charge in [-0.2, -0.15) is 10.1 Å². The maximum atomic E-state index is 12.5. The molecule has 0 aliphatic heterocycles. The lowest BCUT2D eigenvalue weighted by atomic mass is 10.2. The zero-order chi connectivity index (χ0) is 20.2. The first-order valence-corrected chi connectivity index (χ1v) is 9.27. The Balaban J connectivity index is 1.36. The van der Waals surface area contributed by atoms with Gasteiger partial charge in [0.05, 0.1) is 17.8 Å². The van der Waals surface area contributed by atoms with Crippen LogP contribution in [0.3, 0.4) is 0 Å². The lowest BCUT2D eigenvalue weighted by molar-refractivity contribution is 0.0944. The molecule has 0 atom stereocenters. The van der Waals surface area contributed by atoms with Crippen LogP contribution >= 0.6 is 11.6 Å². The summed E-state index contributed by atoms with van der Waals surface area (Å²) in [7, 11) is 0. The standard InChI is InChI=1S/C19H17ClN6O3/c1-12-15(11-26-10-14(20)9-22-26)17(25-28-12)18(27)21-8-7-16-23-19(29-24-16)13-5-3-2-4-6-13/h2-6,9-10H,7-8,11H2,1H3,(H,21,27). The summed E-state index contributed by atoms with van der Waals surface area (Å²) in [5.74, 6) is 1.15. The van der Waals surface area contributed by atoms with E-state index in [1.807, 2.05) is 30.3 Å². The fraction of sp³-hybridized carbons (Fsp3) is 0.211. The van der Waals surface area contributed by atoms with E-state index in [0.717, 1.165) is 5.56 Å². The molecule has 148 valence electrons. The second-order valence-electron chi connectivity index (χ2n) is 6.31. The van der Waals surface area contributed by atoms with Crippen LogP contribution in [0, 0.1) is 6.92 Å². The summed E-state index contributed by atoms with van der Waals surface area (Å²) in [4.78, 5) is 16.9. The average molecular weight is 413 g/mol. The number of carbonyl (C=O) groups is 1. The van der Waals surface area contributed by atoms with Gasteiger partial charge in [0, 0.05) is 30.3 Å². The van der Waals surface area contributed by atoms with E-state index in [1.165, 1.54) is 6.20 Å². The Bertz CT molecular complexity index is 1120. The maximum Gasteiger partial charge on any atom is 0.273 e. The van der Waals surface area contributed by atoms with Crippen LogP contribution in [0.5, 0.6) is 0 Å². The first-order chi connectivity index (χ1) is 14.1. The Morgan fingerprint density at radius 3 is 2.79 bits per heavy atom. The molecule has 3 aromatic heterocycles. The van der Waals surface area contributed by atoms with E-state index in [9.17, 15) is 4.79 Å². The molecular weight excluding hydrogens is 396 g/mol. The highest BCUT2D eigenvalue weighted by molar-refractivity contribution is 6.30. The van der Waals surface area contributed by atoms with Crippen LogP contribution < -0.4 is 5.32 Å². The number of amides is 1. The van der Waals surface area contributed by atoms with Gasteiger partial charge in [-0.25, -0.2) is 0 Å². The molecule has 10 heteroatoms. The Morgan fingerprint density at radius 2 is 2.03 bits per heavy atom. The molecule has 3 heterocycles. The number of aromatic nitrogens is 5. The molecule has 29 heavy (non-hydrogen) atoms. The third-order valence-electron chi connectivity index (χ3n) is 4.24. The lowest BCUT2D eigenvalue weighted by Gasteiger charge is -2.04. The highest BCUT2D eigenvalue weighted by Crippen LogP contribution is 2.17.